The van der Waals surface area contributed by atoms with Gasteiger partial charge in [0, 0.05) is 12.1 Å². The molecule has 1 aliphatic rings. The Morgan fingerprint density at radius 1 is 1.26 bits per heavy atom. The Hall–Kier alpha value is -2.96. The first-order valence-electron chi connectivity index (χ1n) is 7.00. The van der Waals surface area contributed by atoms with Crippen molar-refractivity contribution in [3.8, 4) is 5.75 Å². The van der Waals surface area contributed by atoms with E-state index >= 15 is 0 Å². The van der Waals surface area contributed by atoms with Gasteiger partial charge < -0.3 is 9.64 Å². The zero-order valence-corrected chi connectivity index (χ0v) is 12.1. The molecule has 2 aromatic carbocycles. The van der Waals surface area contributed by atoms with Gasteiger partial charge in [0.2, 0.25) is 5.91 Å². The van der Waals surface area contributed by atoms with Crippen molar-refractivity contribution in [3.05, 3.63) is 64.0 Å². The number of nitrogens with zero attached hydrogens (tertiary/aromatic N) is 2. The molecule has 1 heterocycles. The molecular weight excluding hydrogens is 303 g/mol. The van der Waals surface area contributed by atoms with E-state index in [2.05, 4.69) is 0 Å². The number of hydrogen-bond donors (Lipinski definition) is 0. The predicted octanol–water partition coefficient (Wildman–Crippen LogP) is 2.70. The summed E-state index contributed by atoms with van der Waals surface area (Å²) >= 11 is 0. The molecule has 0 saturated heterocycles. The van der Waals surface area contributed by atoms with Crippen molar-refractivity contribution in [1.29, 1.82) is 0 Å². The van der Waals surface area contributed by atoms with Crippen LogP contribution in [0.15, 0.2) is 42.5 Å². The number of non-ortho nitro benzene ring substituents is 1. The van der Waals surface area contributed by atoms with Crippen LogP contribution in [0.5, 0.6) is 5.75 Å². The molecule has 1 amide bonds. The molecule has 0 aliphatic carbocycles. The van der Waals surface area contributed by atoms with E-state index in [0.717, 1.165) is 0 Å². The predicted molar refractivity (Wildman–Crippen MR) is 81.0 cm³/mol. The zero-order valence-electron chi connectivity index (χ0n) is 12.1. The lowest BCUT2D eigenvalue weighted by Crippen LogP contribution is -2.38. The third-order valence-corrected chi connectivity index (χ3v) is 3.59. The van der Waals surface area contributed by atoms with Gasteiger partial charge in [0.05, 0.1) is 23.6 Å². The lowest BCUT2D eigenvalue weighted by molar-refractivity contribution is -0.384. The van der Waals surface area contributed by atoms with E-state index in [-0.39, 0.29) is 23.8 Å². The number of nitro benzene ring substituents is 1. The van der Waals surface area contributed by atoms with Gasteiger partial charge >= 0.3 is 0 Å². The number of fused-ring (bicyclic) bond motifs is 1. The molecule has 0 aromatic heterocycles. The highest BCUT2D eigenvalue weighted by Gasteiger charge is 2.26. The summed E-state index contributed by atoms with van der Waals surface area (Å²) in [5, 5.41) is 10.9. The lowest BCUT2D eigenvalue weighted by Gasteiger charge is -2.29. The molecule has 0 unspecified atom stereocenters. The van der Waals surface area contributed by atoms with E-state index in [4.69, 9.17) is 4.74 Å². The normalized spacial score (nSPS) is 13.2. The number of amides is 1. The summed E-state index contributed by atoms with van der Waals surface area (Å²) in [5.41, 5.74) is 0.960. The second-order valence-electron chi connectivity index (χ2n) is 5.11. The van der Waals surface area contributed by atoms with Crippen LogP contribution >= 0.6 is 0 Å². The Kier molecular flexibility index (Phi) is 3.92. The Bertz CT molecular complexity index is 761. The molecule has 2 aromatic rings. The van der Waals surface area contributed by atoms with Crippen molar-refractivity contribution in [1.82, 2.24) is 0 Å². The minimum absolute atomic E-state index is 0.0857. The molecule has 0 radical (unpaired) electrons. The Balaban J connectivity index is 1.86. The summed E-state index contributed by atoms with van der Waals surface area (Å²) in [6.07, 6.45) is 0.0857. The maximum absolute atomic E-state index is 12.9. The van der Waals surface area contributed by atoms with Crippen LogP contribution in [-0.4, -0.2) is 24.0 Å². The summed E-state index contributed by atoms with van der Waals surface area (Å²) in [4.78, 5) is 24.4. The number of rotatable bonds is 3. The molecule has 6 nitrogen and oxygen atoms in total. The van der Waals surface area contributed by atoms with E-state index in [1.165, 1.54) is 35.2 Å². The van der Waals surface area contributed by atoms with Crippen molar-refractivity contribution < 1.29 is 18.8 Å². The van der Waals surface area contributed by atoms with Crippen LogP contribution in [0.2, 0.25) is 0 Å². The molecule has 0 bridgehead atoms. The highest BCUT2D eigenvalue weighted by atomic mass is 19.1. The molecule has 1 aliphatic heterocycles. The van der Waals surface area contributed by atoms with Crippen LogP contribution in [0.4, 0.5) is 15.8 Å². The lowest BCUT2D eigenvalue weighted by atomic mass is 10.1. The third-order valence-electron chi connectivity index (χ3n) is 3.59. The van der Waals surface area contributed by atoms with E-state index in [0.29, 0.717) is 30.2 Å². The first kappa shape index (κ1) is 15.0. The van der Waals surface area contributed by atoms with Crippen LogP contribution in [0, 0.1) is 15.9 Å². The van der Waals surface area contributed by atoms with Crippen LogP contribution < -0.4 is 9.64 Å². The van der Waals surface area contributed by atoms with E-state index in [1.807, 2.05) is 0 Å². The molecule has 0 fully saturated rings. The molecule has 0 saturated carbocycles. The number of anilines is 1. The molecule has 0 spiro atoms. The summed E-state index contributed by atoms with van der Waals surface area (Å²) in [7, 11) is 0. The Morgan fingerprint density at radius 3 is 2.70 bits per heavy atom. The topological polar surface area (TPSA) is 72.7 Å². The summed E-state index contributed by atoms with van der Waals surface area (Å²) < 4.78 is 18.4. The van der Waals surface area contributed by atoms with E-state index in [1.54, 1.807) is 12.1 Å². The maximum Gasteiger partial charge on any atom is 0.271 e. The van der Waals surface area contributed by atoms with Gasteiger partial charge in [0.25, 0.3) is 5.69 Å². The fourth-order valence-corrected chi connectivity index (χ4v) is 2.45. The first-order chi connectivity index (χ1) is 11.0. The van der Waals surface area contributed by atoms with Crippen molar-refractivity contribution >= 4 is 17.3 Å². The fraction of sp³-hybridized carbons (Fsp3) is 0.188. The van der Waals surface area contributed by atoms with Gasteiger partial charge in [0.15, 0.2) is 0 Å². The summed E-state index contributed by atoms with van der Waals surface area (Å²) in [5.74, 6) is -0.149. The Morgan fingerprint density at radius 2 is 2.00 bits per heavy atom. The maximum atomic E-state index is 12.9. The summed E-state index contributed by atoms with van der Waals surface area (Å²) in [6.45, 7) is 0.633. The Labute approximate surface area is 131 Å². The van der Waals surface area contributed by atoms with Gasteiger partial charge in [-0.2, -0.15) is 0 Å². The fourth-order valence-electron chi connectivity index (χ4n) is 2.45. The van der Waals surface area contributed by atoms with Gasteiger partial charge in [0.1, 0.15) is 18.2 Å². The average molecular weight is 316 g/mol. The monoisotopic (exact) mass is 316 g/mol. The second-order valence-corrected chi connectivity index (χ2v) is 5.11. The average Bonchev–Trinajstić information content (AvgIpc) is 2.55. The molecular formula is C16H13FN2O4. The van der Waals surface area contributed by atoms with Crippen LogP contribution in [-0.2, 0) is 11.2 Å². The van der Waals surface area contributed by atoms with E-state index < -0.39 is 4.92 Å². The largest absolute Gasteiger partial charge is 0.490 e. The van der Waals surface area contributed by atoms with Crippen molar-refractivity contribution in [2.24, 2.45) is 0 Å². The highest BCUT2D eigenvalue weighted by Crippen LogP contribution is 2.35. The number of benzene rings is 2. The smallest absolute Gasteiger partial charge is 0.271 e. The SMILES string of the molecule is O=C(Cc1ccc(F)cc1)N1CCOc2ccc([N+](=O)[O-])cc21. The van der Waals surface area contributed by atoms with Crippen molar-refractivity contribution in [2.45, 2.75) is 6.42 Å². The molecule has 7 heteroatoms. The molecule has 23 heavy (non-hydrogen) atoms. The molecule has 118 valence electrons. The minimum atomic E-state index is -0.516. The molecule has 0 atom stereocenters. The highest BCUT2D eigenvalue weighted by molar-refractivity contribution is 5.97. The van der Waals surface area contributed by atoms with Gasteiger partial charge in [-0.25, -0.2) is 4.39 Å². The molecule has 0 N–H and O–H groups in total. The van der Waals surface area contributed by atoms with Crippen molar-refractivity contribution in [3.63, 3.8) is 0 Å². The zero-order chi connectivity index (χ0) is 16.4. The number of hydrogen-bond acceptors (Lipinski definition) is 4. The standard InChI is InChI=1S/C16H13FN2O4/c17-12-3-1-11(2-4-12)9-16(20)18-7-8-23-15-6-5-13(19(21)22)10-14(15)18/h1-6,10H,7-9H2. The third kappa shape index (κ3) is 3.13. The minimum Gasteiger partial charge on any atom is -0.490 e. The summed E-state index contributed by atoms with van der Waals surface area (Å²) in [6, 6.07) is 9.83. The quantitative estimate of drug-likeness (QED) is 0.644. The number of carbonyl (C=O) groups is 1. The van der Waals surface area contributed by atoms with Gasteiger partial charge in [-0.3, -0.25) is 14.9 Å². The van der Waals surface area contributed by atoms with E-state index in [9.17, 15) is 19.3 Å². The first-order valence-corrected chi connectivity index (χ1v) is 7.00. The number of carbonyl (C=O) groups excluding carboxylic acids is 1. The number of ether oxygens (including phenoxy) is 1. The van der Waals surface area contributed by atoms with Gasteiger partial charge in [-0.05, 0) is 23.8 Å². The van der Waals surface area contributed by atoms with Gasteiger partial charge in [-0.15, -0.1) is 0 Å². The molecule has 3 rings (SSSR count). The van der Waals surface area contributed by atoms with Gasteiger partial charge in [-0.1, -0.05) is 12.1 Å². The second kappa shape index (κ2) is 6.04. The van der Waals surface area contributed by atoms with Crippen molar-refractivity contribution in [2.75, 3.05) is 18.1 Å². The number of nitro groups is 1. The van der Waals surface area contributed by atoms with Crippen LogP contribution in [0.1, 0.15) is 5.56 Å². The van der Waals surface area contributed by atoms with Crippen LogP contribution in [0.25, 0.3) is 0 Å². The number of halogens is 1. The van der Waals surface area contributed by atoms with Crippen LogP contribution in [0.3, 0.4) is 0 Å².